The Morgan fingerprint density at radius 3 is 2.46 bits per heavy atom. The van der Waals surface area contributed by atoms with E-state index in [1.54, 1.807) is 0 Å². The van der Waals surface area contributed by atoms with E-state index in [1.165, 1.54) is 32.2 Å². The van der Waals surface area contributed by atoms with E-state index in [0.29, 0.717) is 5.25 Å². The second-order valence-corrected chi connectivity index (χ2v) is 4.51. The molecular weight excluding hydrogens is 178 g/mol. The third-order valence-corrected chi connectivity index (χ3v) is 3.39. The second-order valence-electron chi connectivity index (χ2n) is 3.85. The predicted octanol–water partition coefficient (Wildman–Crippen LogP) is 3.11. The molecule has 0 bridgehead atoms. The number of hydrogen-bond donors (Lipinski definition) is 2. The highest BCUT2D eigenvalue weighted by molar-refractivity contribution is 7.81. The zero-order valence-corrected chi connectivity index (χ0v) is 10.2. The third kappa shape index (κ3) is 7.39. The first-order valence-electron chi connectivity index (χ1n) is 5.61. The van der Waals surface area contributed by atoms with E-state index in [4.69, 9.17) is 0 Å². The fourth-order valence-corrected chi connectivity index (χ4v) is 1.59. The average Bonchev–Trinajstić information content (AvgIpc) is 2.16. The standard InChI is InChI=1S/C11H25NS/c1-4-8-12-9-6-7-10(3)11(13)5-2/h10-13H,4-9H2,1-3H3/t10-,11?/m1/s1. The molecule has 13 heavy (non-hydrogen) atoms. The zero-order valence-electron chi connectivity index (χ0n) is 9.34. The molecule has 0 aliphatic heterocycles. The molecule has 0 aliphatic rings. The van der Waals surface area contributed by atoms with Gasteiger partial charge in [-0.25, -0.2) is 0 Å². The van der Waals surface area contributed by atoms with Crippen molar-refractivity contribution in [2.75, 3.05) is 13.1 Å². The lowest BCUT2D eigenvalue weighted by atomic mass is 10.00. The van der Waals surface area contributed by atoms with Gasteiger partial charge < -0.3 is 5.32 Å². The van der Waals surface area contributed by atoms with Crippen LogP contribution in [-0.4, -0.2) is 18.3 Å². The minimum atomic E-state index is 0.589. The predicted molar refractivity (Wildman–Crippen MR) is 64.6 cm³/mol. The molecule has 0 aliphatic carbocycles. The molecule has 2 heteroatoms. The van der Waals surface area contributed by atoms with Crippen molar-refractivity contribution in [1.82, 2.24) is 5.32 Å². The zero-order chi connectivity index (χ0) is 10.1. The summed E-state index contributed by atoms with van der Waals surface area (Å²) in [5, 5.41) is 4.01. The summed E-state index contributed by atoms with van der Waals surface area (Å²) in [4.78, 5) is 0. The van der Waals surface area contributed by atoms with Crippen LogP contribution in [0.5, 0.6) is 0 Å². The summed E-state index contributed by atoms with van der Waals surface area (Å²) >= 11 is 4.55. The van der Waals surface area contributed by atoms with E-state index in [0.717, 1.165) is 12.5 Å². The van der Waals surface area contributed by atoms with Crippen molar-refractivity contribution in [2.24, 2.45) is 5.92 Å². The van der Waals surface area contributed by atoms with E-state index < -0.39 is 0 Å². The largest absolute Gasteiger partial charge is 0.317 e. The van der Waals surface area contributed by atoms with Crippen LogP contribution in [-0.2, 0) is 0 Å². The maximum Gasteiger partial charge on any atom is 0.00398 e. The second kappa shape index (κ2) is 8.89. The van der Waals surface area contributed by atoms with Gasteiger partial charge in [-0.2, -0.15) is 12.6 Å². The molecule has 0 spiro atoms. The van der Waals surface area contributed by atoms with Gasteiger partial charge >= 0.3 is 0 Å². The molecule has 1 unspecified atom stereocenters. The van der Waals surface area contributed by atoms with Gasteiger partial charge in [-0.05, 0) is 44.7 Å². The number of thiol groups is 1. The fraction of sp³-hybridized carbons (Fsp3) is 1.00. The maximum atomic E-state index is 4.55. The molecule has 0 amide bonds. The third-order valence-electron chi connectivity index (χ3n) is 2.51. The Hall–Kier alpha value is 0.310. The topological polar surface area (TPSA) is 12.0 Å². The number of hydrogen-bond acceptors (Lipinski definition) is 2. The van der Waals surface area contributed by atoms with Gasteiger partial charge in [0.1, 0.15) is 0 Å². The molecule has 80 valence electrons. The van der Waals surface area contributed by atoms with Crippen LogP contribution in [0.3, 0.4) is 0 Å². The van der Waals surface area contributed by atoms with Gasteiger partial charge in [0, 0.05) is 5.25 Å². The first-order chi connectivity index (χ1) is 6.22. The van der Waals surface area contributed by atoms with Gasteiger partial charge in [0.25, 0.3) is 0 Å². The summed E-state index contributed by atoms with van der Waals surface area (Å²) < 4.78 is 0. The Balaban J connectivity index is 3.21. The average molecular weight is 203 g/mol. The van der Waals surface area contributed by atoms with Crippen molar-refractivity contribution < 1.29 is 0 Å². The molecule has 0 radical (unpaired) electrons. The van der Waals surface area contributed by atoms with Crippen molar-refractivity contribution in [3.63, 3.8) is 0 Å². The first-order valence-corrected chi connectivity index (χ1v) is 6.12. The van der Waals surface area contributed by atoms with E-state index >= 15 is 0 Å². The van der Waals surface area contributed by atoms with Crippen LogP contribution in [0.4, 0.5) is 0 Å². The van der Waals surface area contributed by atoms with Crippen molar-refractivity contribution >= 4 is 12.6 Å². The van der Waals surface area contributed by atoms with Crippen LogP contribution < -0.4 is 5.32 Å². The highest BCUT2D eigenvalue weighted by atomic mass is 32.1. The molecule has 0 heterocycles. The summed E-state index contributed by atoms with van der Waals surface area (Å²) in [5.41, 5.74) is 0. The summed E-state index contributed by atoms with van der Waals surface area (Å²) in [6.07, 6.45) is 5.02. The van der Waals surface area contributed by atoms with Crippen molar-refractivity contribution in [2.45, 2.75) is 51.7 Å². The Kier molecular flexibility index (Phi) is 9.10. The summed E-state index contributed by atoms with van der Waals surface area (Å²) in [6, 6.07) is 0. The van der Waals surface area contributed by atoms with E-state index in [9.17, 15) is 0 Å². The molecule has 1 nitrogen and oxygen atoms in total. The van der Waals surface area contributed by atoms with E-state index in [1.807, 2.05) is 0 Å². The first kappa shape index (κ1) is 13.3. The highest BCUT2D eigenvalue weighted by Gasteiger charge is 2.09. The van der Waals surface area contributed by atoms with Crippen LogP contribution in [0.2, 0.25) is 0 Å². The minimum Gasteiger partial charge on any atom is -0.317 e. The number of nitrogens with one attached hydrogen (secondary N) is 1. The summed E-state index contributed by atoms with van der Waals surface area (Å²) in [7, 11) is 0. The molecule has 0 rings (SSSR count). The Morgan fingerprint density at radius 2 is 1.92 bits per heavy atom. The smallest absolute Gasteiger partial charge is 0.00398 e. The van der Waals surface area contributed by atoms with E-state index in [2.05, 4.69) is 38.7 Å². The Labute approximate surface area is 89.1 Å². The van der Waals surface area contributed by atoms with Crippen LogP contribution in [0, 0.1) is 5.92 Å². The van der Waals surface area contributed by atoms with Gasteiger partial charge in [-0.15, -0.1) is 0 Å². The van der Waals surface area contributed by atoms with Crippen LogP contribution in [0.1, 0.15) is 46.5 Å². The summed E-state index contributed by atoms with van der Waals surface area (Å²) in [6.45, 7) is 9.05. The number of rotatable bonds is 8. The van der Waals surface area contributed by atoms with Crippen LogP contribution in [0.25, 0.3) is 0 Å². The molecule has 0 fully saturated rings. The molecule has 2 atom stereocenters. The summed E-state index contributed by atoms with van der Waals surface area (Å²) in [5.74, 6) is 0.761. The molecule has 0 saturated carbocycles. The monoisotopic (exact) mass is 203 g/mol. The van der Waals surface area contributed by atoms with E-state index in [-0.39, 0.29) is 0 Å². The molecule has 0 aromatic carbocycles. The van der Waals surface area contributed by atoms with Gasteiger partial charge in [0.05, 0.1) is 0 Å². The molecule has 0 aromatic heterocycles. The van der Waals surface area contributed by atoms with Gasteiger partial charge in [0.2, 0.25) is 0 Å². The van der Waals surface area contributed by atoms with Crippen molar-refractivity contribution in [1.29, 1.82) is 0 Å². The lowest BCUT2D eigenvalue weighted by Gasteiger charge is -2.17. The normalized spacial score (nSPS) is 15.7. The molecule has 1 N–H and O–H groups in total. The van der Waals surface area contributed by atoms with Crippen molar-refractivity contribution in [3.8, 4) is 0 Å². The van der Waals surface area contributed by atoms with Gasteiger partial charge in [-0.1, -0.05) is 20.8 Å². The molecule has 0 saturated heterocycles. The quantitative estimate of drug-likeness (QED) is 0.456. The minimum absolute atomic E-state index is 0.589. The van der Waals surface area contributed by atoms with Gasteiger partial charge in [0.15, 0.2) is 0 Å². The lowest BCUT2D eigenvalue weighted by molar-refractivity contribution is 0.471. The SMILES string of the molecule is CCCNCCC[C@@H](C)C(S)CC. The Morgan fingerprint density at radius 1 is 1.23 bits per heavy atom. The van der Waals surface area contributed by atoms with Gasteiger partial charge in [-0.3, -0.25) is 0 Å². The Bertz CT molecular complexity index is 106. The lowest BCUT2D eigenvalue weighted by Crippen LogP contribution is -2.18. The van der Waals surface area contributed by atoms with Crippen LogP contribution in [0.15, 0.2) is 0 Å². The molecular formula is C11H25NS. The highest BCUT2D eigenvalue weighted by Crippen LogP contribution is 2.17. The van der Waals surface area contributed by atoms with Crippen LogP contribution >= 0.6 is 12.6 Å². The fourth-order valence-electron chi connectivity index (χ4n) is 1.45. The molecule has 0 aromatic rings. The van der Waals surface area contributed by atoms with Crippen molar-refractivity contribution in [3.05, 3.63) is 0 Å². The maximum absolute atomic E-state index is 4.55.